The Balaban J connectivity index is 2.31. The summed E-state index contributed by atoms with van der Waals surface area (Å²) in [6.45, 7) is 7.47. The third-order valence-corrected chi connectivity index (χ3v) is 3.35. The number of hydrogen-bond acceptors (Lipinski definition) is 5. The van der Waals surface area contributed by atoms with Crippen LogP contribution in [0.2, 0.25) is 0 Å². The van der Waals surface area contributed by atoms with E-state index in [4.69, 9.17) is 0 Å². The lowest BCUT2D eigenvalue weighted by atomic mass is 10.1. The van der Waals surface area contributed by atoms with Crippen molar-refractivity contribution < 1.29 is 0 Å². The van der Waals surface area contributed by atoms with Gasteiger partial charge in [-0.25, -0.2) is 15.0 Å². The molecule has 0 saturated carbocycles. The number of nitrogens with zero attached hydrogens (tertiary/aromatic N) is 3. The minimum absolute atomic E-state index is 0.582. The normalized spacial score (nSPS) is 10.9. The van der Waals surface area contributed by atoms with Gasteiger partial charge in [-0.2, -0.15) is 0 Å². The number of hydrogen-bond donors (Lipinski definition) is 1. The Bertz CT molecular complexity index is 508. The fraction of sp³-hybridized carbons (Fsp3) is 0.500. The molecule has 4 nitrogen and oxygen atoms in total. The molecule has 102 valence electrons. The van der Waals surface area contributed by atoms with Gasteiger partial charge in [0.25, 0.3) is 0 Å². The van der Waals surface area contributed by atoms with Crippen LogP contribution in [-0.2, 0) is 6.42 Å². The summed E-state index contributed by atoms with van der Waals surface area (Å²) in [6, 6.07) is 2.05. The van der Waals surface area contributed by atoms with Crippen molar-refractivity contribution in [3.05, 3.63) is 23.3 Å². The lowest BCUT2D eigenvalue weighted by Crippen LogP contribution is -2.07. The maximum Gasteiger partial charge on any atom is 0.190 e. The Morgan fingerprint density at radius 2 is 2.16 bits per heavy atom. The van der Waals surface area contributed by atoms with Gasteiger partial charge in [0.1, 0.15) is 5.82 Å². The zero-order valence-corrected chi connectivity index (χ0v) is 12.5. The summed E-state index contributed by atoms with van der Waals surface area (Å²) in [5.74, 6) is 2.21. The first-order valence-corrected chi connectivity index (χ1v) is 7.58. The van der Waals surface area contributed by atoms with Crippen molar-refractivity contribution in [2.45, 2.75) is 33.6 Å². The van der Waals surface area contributed by atoms with Gasteiger partial charge in [0.2, 0.25) is 0 Å². The number of anilines is 1. The molecule has 0 atom stereocenters. The van der Waals surface area contributed by atoms with Gasteiger partial charge in [0.15, 0.2) is 10.8 Å². The number of rotatable bonds is 6. The van der Waals surface area contributed by atoms with E-state index in [0.29, 0.717) is 5.92 Å². The van der Waals surface area contributed by atoms with Crippen molar-refractivity contribution >= 4 is 17.2 Å². The second-order valence-electron chi connectivity index (χ2n) is 4.93. The highest BCUT2D eigenvalue weighted by Crippen LogP contribution is 2.21. The van der Waals surface area contributed by atoms with Crippen molar-refractivity contribution in [2.24, 2.45) is 5.92 Å². The maximum atomic E-state index is 4.62. The van der Waals surface area contributed by atoms with Gasteiger partial charge >= 0.3 is 0 Å². The van der Waals surface area contributed by atoms with Crippen LogP contribution in [0.1, 0.15) is 32.9 Å². The van der Waals surface area contributed by atoms with Gasteiger partial charge in [-0.3, -0.25) is 0 Å². The second kappa shape index (κ2) is 6.61. The first-order valence-electron chi connectivity index (χ1n) is 6.70. The third kappa shape index (κ3) is 3.99. The number of nitrogens with one attached hydrogen (secondary N) is 1. The van der Waals surface area contributed by atoms with Gasteiger partial charge in [0.05, 0.1) is 0 Å². The fourth-order valence-electron chi connectivity index (χ4n) is 1.79. The van der Waals surface area contributed by atoms with E-state index >= 15 is 0 Å². The summed E-state index contributed by atoms with van der Waals surface area (Å²) in [5, 5.41) is 6.17. The third-order valence-electron chi connectivity index (χ3n) is 2.58. The monoisotopic (exact) mass is 276 g/mol. The molecule has 0 spiro atoms. The smallest absolute Gasteiger partial charge is 0.190 e. The van der Waals surface area contributed by atoms with Crippen molar-refractivity contribution in [1.29, 1.82) is 0 Å². The Morgan fingerprint density at radius 1 is 1.32 bits per heavy atom. The summed E-state index contributed by atoms with van der Waals surface area (Å²) in [5.41, 5.74) is 1.08. The summed E-state index contributed by atoms with van der Waals surface area (Å²) in [4.78, 5) is 13.5. The average Bonchev–Trinajstić information content (AvgIpc) is 2.89. The van der Waals surface area contributed by atoms with Crippen LogP contribution in [-0.4, -0.2) is 21.5 Å². The van der Waals surface area contributed by atoms with E-state index in [1.807, 2.05) is 11.4 Å². The zero-order chi connectivity index (χ0) is 13.7. The van der Waals surface area contributed by atoms with E-state index in [2.05, 4.69) is 41.0 Å². The van der Waals surface area contributed by atoms with E-state index < -0.39 is 0 Å². The molecule has 0 fully saturated rings. The Labute approximate surface area is 118 Å². The molecule has 0 amide bonds. The summed E-state index contributed by atoms with van der Waals surface area (Å²) in [7, 11) is 0. The van der Waals surface area contributed by atoms with Gasteiger partial charge in [-0.1, -0.05) is 20.8 Å². The van der Waals surface area contributed by atoms with Crippen molar-refractivity contribution in [3.63, 3.8) is 0 Å². The van der Waals surface area contributed by atoms with Gasteiger partial charge in [0, 0.05) is 29.9 Å². The molecule has 2 heterocycles. The Kier molecular flexibility index (Phi) is 4.85. The molecule has 0 radical (unpaired) electrons. The molecule has 0 saturated heterocycles. The van der Waals surface area contributed by atoms with Crippen molar-refractivity contribution in [1.82, 2.24) is 15.0 Å². The molecule has 1 N–H and O–H groups in total. The van der Waals surface area contributed by atoms with Crippen LogP contribution in [0.25, 0.3) is 10.8 Å². The predicted molar refractivity (Wildman–Crippen MR) is 80.5 cm³/mol. The van der Waals surface area contributed by atoms with Gasteiger partial charge in [-0.05, 0) is 18.8 Å². The van der Waals surface area contributed by atoms with Gasteiger partial charge in [-0.15, -0.1) is 11.3 Å². The topological polar surface area (TPSA) is 50.7 Å². The Morgan fingerprint density at radius 3 is 2.79 bits per heavy atom. The standard InChI is InChI=1S/C14H20N4S/c1-4-5-15-12-9-11(8-10(2)3)17-13(18-12)14-16-6-7-19-14/h6-7,9-10H,4-5,8H2,1-3H3,(H,15,17,18). The minimum atomic E-state index is 0.582. The first kappa shape index (κ1) is 13.9. The number of thiazole rings is 1. The van der Waals surface area contributed by atoms with E-state index in [1.54, 1.807) is 17.5 Å². The fourth-order valence-corrected chi connectivity index (χ4v) is 2.36. The van der Waals surface area contributed by atoms with E-state index in [0.717, 1.165) is 41.7 Å². The molecule has 0 unspecified atom stereocenters. The summed E-state index contributed by atoms with van der Waals surface area (Å²) in [6.07, 6.45) is 3.83. The SMILES string of the molecule is CCCNc1cc(CC(C)C)nc(-c2nccs2)n1. The molecule has 2 aromatic heterocycles. The van der Waals surface area contributed by atoms with Crippen LogP contribution in [0.3, 0.4) is 0 Å². The van der Waals surface area contributed by atoms with Gasteiger partial charge < -0.3 is 5.32 Å². The molecule has 0 aliphatic carbocycles. The van der Waals surface area contributed by atoms with Crippen LogP contribution >= 0.6 is 11.3 Å². The lowest BCUT2D eigenvalue weighted by Gasteiger charge is -2.09. The van der Waals surface area contributed by atoms with Crippen molar-refractivity contribution in [3.8, 4) is 10.8 Å². The second-order valence-corrected chi connectivity index (χ2v) is 5.82. The van der Waals surface area contributed by atoms with Crippen LogP contribution in [0.15, 0.2) is 17.6 Å². The maximum absolute atomic E-state index is 4.62. The van der Waals surface area contributed by atoms with Crippen LogP contribution in [0, 0.1) is 5.92 Å². The molecule has 0 aliphatic heterocycles. The quantitative estimate of drug-likeness (QED) is 0.875. The largest absolute Gasteiger partial charge is 0.370 e. The highest BCUT2D eigenvalue weighted by molar-refractivity contribution is 7.13. The predicted octanol–water partition coefficient (Wildman–Crippen LogP) is 3.62. The molecule has 0 aliphatic rings. The zero-order valence-electron chi connectivity index (χ0n) is 11.7. The highest BCUT2D eigenvalue weighted by Gasteiger charge is 2.09. The van der Waals surface area contributed by atoms with Crippen LogP contribution in [0.4, 0.5) is 5.82 Å². The average molecular weight is 276 g/mol. The molecule has 5 heteroatoms. The summed E-state index contributed by atoms with van der Waals surface area (Å²) >= 11 is 1.57. The van der Waals surface area contributed by atoms with Crippen molar-refractivity contribution in [2.75, 3.05) is 11.9 Å². The molecule has 2 aromatic rings. The molecule has 19 heavy (non-hydrogen) atoms. The minimum Gasteiger partial charge on any atom is -0.370 e. The number of aromatic nitrogens is 3. The molecular formula is C14H20N4S. The first-order chi connectivity index (χ1) is 9.19. The lowest BCUT2D eigenvalue weighted by molar-refractivity contribution is 0.634. The highest BCUT2D eigenvalue weighted by atomic mass is 32.1. The summed E-state index contributed by atoms with van der Waals surface area (Å²) < 4.78 is 0. The van der Waals surface area contributed by atoms with E-state index in [-0.39, 0.29) is 0 Å². The Hall–Kier alpha value is -1.49. The molecular weight excluding hydrogens is 256 g/mol. The molecule has 0 aromatic carbocycles. The van der Waals surface area contributed by atoms with Crippen LogP contribution in [0.5, 0.6) is 0 Å². The van der Waals surface area contributed by atoms with E-state index in [9.17, 15) is 0 Å². The molecule has 0 bridgehead atoms. The molecule has 2 rings (SSSR count). The van der Waals surface area contributed by atoms with E-state index in [1.165, 1.54) is 0 Å². The van der Waals surface area contributed by atoms with Crippen LogP contribution < -0.4 is 5.32 Å².